The topological polar surface area (TPSA) is 80.6 Å². The van der Waals surface area contributed by atoms with Crippen LogP contribution in [0.2, 0.25) is 0 Å². The zero-order chi connectivity index (χ0) is 15.7. The summed E-state index contributed by atoms with van der Waals surface area (Å²) >= 11 is 1.45. The molecule has 0 aliphatic heterocycles. The van der Waals surface area contributed by atoms with Crippen LogP contribution in [0.4, 0.5) is 0 Å². The van der Waals surface area contributed by atoms with Gasteiger partial charge in [0.05, 0.1) is 0 Å². The van der Waals surface area contributed by atoms with Crippen molar-refractivity contribution in [3.8, 4) is 0 Å². The number of aryl methyl sites for hydroxylation is 1. The van der Waals surface area contributed by atoms with Gasteiger partial charge < -0.3 is 4.98 Å². The normalized spacial score (nSPS) is 16.5. The number of aromatic amines is 1. The first kappa shape index (κ1) is 15.3. The van der Waals surface area contributed by atoms with Gasteiger partial charge in [0, 0.05) is 25.3 Å². The number of carbonyl (C=O) groups excluding carboxylic acids is 1. The van der Waals surface area contributed by atoms with Gasteiger partial charge in [0.15, 0.2) is 5.65 Å². The van der Waals surface area contributed by atoms with Crippen molar-refractivity contribution in [3.63, 3.8) is 0 Å². The Balaban J connectivity index is 2.09. The van der Waals surface area contributed by atoms with E-state index in [1.54, 1.807) is 4.57 Å². The van der Waals surface area contributed by atoms with Crippen molar-refractivity contribution >= 4 is 28.7 Å². The number of carbonyl (C=O) groups is 1. The molecule has 0 bridgehead atoms. The molecule has 1 fully saturated rings. The molecule has 1 N–H and O–H groups in total. The standard InChI is InChI=1S/C15H20N4O2S/c1-3-8-19-13-11(14(22-2)18-15(19)21)16-12(17-13)9-4-6-10(20)7-5-9/h9H,3-8H2,1-2H3,(H,16,17). The summed E-state index contributed by atoms with van der Waals surface area (Å²) in [6, 6.07) is 0. The molecule has 118 valence electrons. The Labute approximate surface area is 132 Å². The molecule has 0 radical (unpaired) electrons. The van der Waals surface area contributed by atoms with Crippen LogP contribution in [0.15, 0.2) is 9.82 Å². The third-order valence-electron chi connectivity index (χ3n) is 4.17. The highest BCUT2D eigenvalue weighted by molar-refractivity contribution is 7.98. The largest absolute Gasteiger partial charge is 0.350 e. The fraction of sp³-hybridized carbons (Fsp3) is 0.600. The number of nitrogens with one attached hydrogen (secondary N) is 1. The third-order valence-corrected chi connectivity index (χ3v) is 4.85. The molecule has 7 heteroatoms. The number of Topliss-reactive ketones (excluding diaryl/α,β-unsaturated/α-hetero) is 1. The van der Waals surface area contributed by atoms with E-state index < -0.39 is 0 Å². The molecule has 1 aliphatic rings. The highest BCUT2D eigenvalue weighted by atomic mass is 32.2. The Morgan fingerprint density at radius 3 is 2.64 bits per heavy atom. The third kappa shape index (κ3) is 2.69. The molecule has 0 unspecified atom stereocenters. The molecule has 3 rings (SSSR count). The summed E-state index contributed by atoms with van der Waals surface area (Å²) in [6.45, 7) is 2.64. The van der Waals surface area contributed by atoms with Gasteiger partial charge >= 0.3 is 5.69 Å². The maximum Gasteiger partial charge on any atom is 0.350 e. The van der Waals surface area contributed by atoms with E-state index in [4.69, 9.17) is 4.98 Å². The predicted octanol–water partition coefficient (Wildman–Crippen LogP) is 2.48. The summed E-state index contributed by atoms with van der Waals surface area (Å²) in [6.07, 6.45) is 5.67. The lowest BCUT2D eigenvalue weighted by Crippen LogP contribution is -2.24. The molecule has 0 saturated heterocycles. The average molecular weight is 320 g/mol. The molecule has 1 saturated carbocycles. The average Bonchev–Trinajstić information content (AvgIpc) is 2.95. The van der Waals surface area contributed by atoms with Crippen molar-refractivity contribution < 1.29 is 4.79 Å². The first-order valence-corrected chi connectivity index (χ1v) is 8.92. The minimum Gasteiger partial charge on any atom is -0.338 e. The molecular formula is C15H20N4O2S. The maximum atomic E-state index is 12.2. The highest BCUT2D eigenvalue weighted by Gasteiger charge is 2.24. The number of imidazole rings is 1. The molecule has 0 aromatic carbocycles. The van der Waals surface area contributed by atoms with Crippen LogP contribution >= 0.6 is 11.8 Å². The minimum atomic E-state index is -0.240. The first-order chi connectivity index (χ1) is 10.6. The van der Waals surface area contributed by atoms with Crippen LogP contribution in [0, 0.1) is 0 Å². The lowest BCUT2D eigenvalue weighted by molar-refractivity contribution is -0.120. The number of thioether (sulfide) groups is 1. The van der Waals surface area contributed by atoms with E-state index in [1.165, 1.54) is 11.8 Å². The summed E-state index contributed by atoms with van der Waals surface area (Å²) in [4.78, 5) is 35.8. The van der Waals surface area contributed by atoms with Gasteiger partial charge in [0.2, 0.25) is 0 Å². The number of ketones is 1. The van der Waals surface area contributed by atoms with Crippen LogP contribution in [-0.2, 0) is 11.3 Å². The second-order valence-corrected chi connectivity index (χ2v) is 6.48. The quantitative estimate of drug-likeness (QED) is 0.691. The van der Waals surface area contributed by atoms with E-state index in [9.17, 15) is 9.59 Å². The van der Waals surface area contributed by atoms with E-state index in [0.29, 0.717) is 35.8 Å². The Morgan fingerprint density at radius 2 is 2.00 bits per heavy atom. The lowest BCUT2D eigenvalue weighted by Gasteiger charge is -2.18. The summed E-state index contributed by atoms with van der Waals surface area (Å²) in [5.74, 6) is 1.49. The summed E-state index contributed by atoms with van der Waals surface area (Å²) in [7, 11) is 0. The summed E-state index contributed by atoms with van der Waals surface area (Å²) in [5, 5.41) is 0.693. The monoisotopic (exact) mass is 320 g/mol. The molecule has 0 spiro atoms. The van der Waals surface area contributed by atoms with Gasteiger partial charge in [-0.1, -0.05) is 6.92 Å². The van der Waals surface area contributed by atoms with Crippen molar-refractivity contribution in [2.45, 2.75) is 56.5 Å². The van der Waals surface area contributed by atoms with Crippen LogP contribution < -0.4 is 5.69 Å². The van der Waals surface area contributed by atoms with Crippen molar-refractivity contribution in [3.05, 3.63) is 16.3 Å². The van der Waals surface area contributed by atoms with E-state index in [2.05, 4.69) is 9.97 Å². The van der Waals surface area contributed by atoms with Gasteiger partial charge in [-0.15, -0.1) is 11.8 Å². The summed E-state index contributed by atoms with van der Waals surface area (Å²) in [5.41, 5.74) is 1.29. The Kier molecular flexibility index (Phi) is 4.33. The molecule has 6 nitrogen and oxygen atoms in total. The van der Waals surface area contributed by atoms with Crippen LogP contribution in [0.3, 0.4) is 0 Å². The van der Waals surface area contributed by atoms with Gasteiger partial charge in [0.1, 0.15) is 22.2 Å². The van der Waals surface area contributed by atoms with E-state index in [1.807, 2.05) is 13.2 Å². The zero-order valence-corrected chi connectivity index (χ0v) is 13.7. The highest BCUT2D eigenvalue weighted by Crippen LogP contribution is 2.31. The molecule has 22 heavy (non-hydrogen) atoms. The number of fused-ring (bicyclic) bond motifs is 1. The van der Waals surface area contributed by atoms with Crippen molar-refractivity contribution in [1.29, 1.82) is 0 Å². The first-order valence-electron chi connectivity index (χ1n) is 7.70. The molecule has 2 heterocycles. The van der Waals surface area contributed by atoms with Gasteiger partial charge in [-0.3, -0.25) is 9.36 Å². The number of hydrogen-bond acceptors (Lipinski definition) is 5. The predicted molar refractivity (Wildman–Crippen MR) is 86.4 cm³/mol. The van der Waals surface area contributed by atoms with Gasteiger partial charge in [-0.2, -0.15) is 4.98 Å². The molecule has 2 aromatic rings. The van der Waals surface area contributed by atoms with Crippen LogP contribution in [0.1, 0.15) is 50.8 Å². The van der Waals surface area contributed by atoms with Crippen LogP contribution in [-0.4, -0.2) is 31.6 Å². The van der Waals surface area contributed by atoms with Gasteiger partial charge in [-0.05, 0) is 25.5 Å². The Hall–Kier alpha value is -1.63. The number of nitrogens with zero attached hydrogens (tertiary/aromatic N) is 3. The zero-order valence-electron chi connectivity index (χ0n) is 12.9. The lowest BCUT2D eigenvalue weighted by atomic mass is 9.88. The van der Waals surface area contributed by atoms with E-state index in [-0.39, 0.29) is 11.6 Å². The SMILES string of the molecule is CCCn1c(=O)nc(SC)c2[nH]c(C3CCC(=O)CC3)nc21. The smallest absolute Gasteiger partial charge is 0.338 e. The Bertz CT molecular complexity index is 755. The summed E-state index contributed by atoms with van der Waals surface area (Å²) < 4.78 is 1.64. The van der Waals surface area contributed by atoms with Crippen LogP contribution in [0.25, 0.3) is 11.2 Å². The number of H-pyrrole nitrogens is 1. The fourth-order valence-electron chi connectivity index (χ4n) is 3.00. The Morgan fingerprint density at radius 1 is 1.27 bits per heavy atom. The fourth-order valence-corrected chi connectivity index (χ4v) is 3.52. The van der Waals surface area contributed by atoms with Crippen LogP contribution in [0.5, 0.6) is 0 Å². The maximum absolute atomic E-state index is 12.2. The second kappa shape index (κ2) is 6.24. The van der Waals surface area contributed by atoms with Gasteiger partial charge in [0.25, 0.3) is 0 Å². The second-order valence-electron chi connectivity index (χ2n) is 5.69. The minimum absolute atomic E-state index is 0.240. The molecular weight excluding hydrogens is 300 g/mol. The van der Waals surface area contributed by atoms with Gasteiger partial charge in [-0.25, -0.2) is 9.78 Å². The van der Waals surface area contributed by atoms with E-state index >= 15 is 0 Å². The molecule has 0 atom stereocenters. The van der Waals surface area contributed by atoms with Crippen molar-refractivity contribution in [2.75, 3.05) is 6.26 Å². The van der Waals surface area contributed by atoms with E-state index in [0.717, 1.165) is 30.6 Å². The van der Waals surface area contributed by atoms with Crippen molar-refractivity contribution in [2.24, 2.45) is 0 Å². The van der Waals surface area contributed by atoms with Crippen molar-refractivity contribution in [1.82, 2.24) is 19.5 Å². The number of rotatable bonds is 4. The molecule has 2 aromatic heterocycles. The number of hydrogen-bond donors (Lipinski definition) is 1. The molecule has 0 amide bonds. The number of aromatic nitrogens is 4. The molecule has 1 aliphatic carbocycles.